The molecule has 0 atom stereocenters. The predicted molar refractivity (Wildman–Crippen MR) is 75.6 cm³/mol. The van der Waals surface area contributed by atoms with E-state index in [2.05, 4.69) is 0 Å². The summed E-state index contributed by atoms with van der Waals surface area (Å²) in [4.78, 5) is 10.8. The normalized spacial score (nSPS) is 12.9. The summed E-state index contributed by atoms with van der Waals surface area (Å²) in [5.74, 6) is -1.10. The molecule has 114 valence electrons. The number of aliphatic carboxylic acids is 1. The van der Waals surface area contributed by atoms with Crippen LogP contribution >= 0.6 is 0 Å². The van der Waals surface area contributed by atoms with Crippen LogP contribution in [0.2, 0.25) is 0 Å². The first-order valence-electron chi connectivity index (χ1n) is 6.90. The van der Waals surface area contributed by atoms with Crippen molar-refractivity contribution in [3.8, 4) is 11.1 Å². The smallest absolute Gasteiger partial charge is 0.416 e. The average Bonchev–Trinajstić information content (AvgIpc) is 2.82. The Hall–Kier alpha value is -2.30. The molecule has 0 bridgehead atoms. The van der Waals surface area contributed by atoms with E-state index in [1.807, 2.05) is 24.3 Å². The second-order valence-corrected chi connectivity index (χ2v) is 5.34. The third-order valence-corrected chi connectivity index (χ3v) is 4.00. The van der Waals surface area contributed by atoms with Crippen LogP contribution in [0.3, 0.4) is 0 Å². The van der Waals surface area contributed by atoms with Gasteiger partial charge in [-0.1, -0.05) is 30.3 Å². The summed E-state index contributed by atoms with van der Waals surface area (Å²) >= 11 is 0. The van der Waals surface area contributed by atoms with Crippen LogP contribution in [0.1, 0.15) is 28.7 Å². The van der Waals surface area contributed by atoms with Crippen molar-refractivity contribution in [1.29, 1.82) is 0 Å². The van der Waals surface area contributed by atoms with Crippen molar-refractivity contribution >= 4 is 5.97 Å². The topological polar surface area (TPSA) is 37.3 Å². The summed E-state index contributed by atoms with van der Waals surface area (Å²) < 4.78 is 39.7. The SMILES string of the molecule is O=C(O)CCc1c(C(F)(F)F)ccc2c1Cc1ccccc1-2. The van der Waals surface area contributed by atoms with Gasteiger partial charge < -0.3 is 5.11 Å². The van der Waals surface area contributed by atoms with Gasteiger partial charge in [-0.05, 0) is 46.7 Å². The van der Waals surface area contributed by atoms with E-state index in [1.54, 1.807) is 0 Å². The van der Waals surface area contributed by atoms with Crippen molar-refractivity contribution in [2.75, 3.05) is 0 Å². The van der Waals surface area contributed by atoms with Crippen LogP contribution in [0.15, 0.2) is 36.4 Å². The lowest BCUT2D eigenvalue weighted by atomic mass is 9.92. The largest absolute Gasteiger partial charge is 0.481 e. The van der Waals surface area contributed by atoms with Gasteiger partial charge in [0.15, 0.2) is 0 Å². The van der Waals surface area contributed by atoms with E-state index < -0.39 is 17.7 Å². The Morgan fingerprint density at radius 2 is 1.82 bits per heavy atom. The second kappa shape index (κ2) is 5.16. The Morgan fingerprint density at radius 1 is 1.09 bits per heavy atom. The zero-order valence-corrected chi connectivity index (χ0v) is 11.6. The molecular formula is C17H13F3O2. The van der Waals surface area contributed by atoms with Crippen molar-refractivity contribution in [2.24, 2.45) is 0 Å². The predicted octanol–water partition coefficient (Wildman–Crippen LogP) is 4.29. The van der Waals surface area contributed by atoms with Gasteiger partial charge in [0.1, 0.15) is 0 Å². The number of halogens is 3. The number of carbonyl (C=O) groups is 1. The van der Waals surface area contributed by atoms with Crippen LogP contribution in [0, 0.1) is 0 Å². The maximum Gasteiger partial charge on any atom is 0.416 e. The van der Waals surface area contributed by atoms with Crippen LogP contribution in [-0.2, 0) is 23.8 Å². The minimum Gasteiger partial charge on any atom is -0.481 e. The highest BCUT2D eigenvalue weighted by Crippen LogP contribution is 2.43. The van der Waals surface area contributed by atoms with Crippen LogP contribution < -0.4 is 0 Å². The van der Waals surface area contributed by atoms with E-state index >= 15 is 0 Å². The lowest BCUT2D eigenvalue weighted by molar-refractivity contribution is -0.140. The molecule has 0 heterocycles. The maximum atomic E-state index is 13.2. The van der Waals surface area contributed by atoms with Gasteiger partial charge >= 0.3 is 12.1 Å². The molecule has 0 amide bonds. The molecule has 1 aliphatic carbocycles. The number of benzene rings is 2. The second-order valence-electron chi connectivity index (χ2n) is 5.34. The number of fused-ring (bicyclic) bond motifs is 3. The van der Waals surface area contributed by atoms with Crippen molar-refractivity contribution in [1.82, 2.24) is 0 Å². The molecule has 2 aromatic rings. The number of rotatable bonds is 3. The summed E-state index contributed by atoms with van der Waals surface area (Å²) in [6.07, 6.45) is -4.47. The molecule has 3 rings (SSSR count). The third-order valence-electron chi connectivity index (χ3n) is 4.00. The van der Waals surface area contributed by atoms with Gasteiger partial charge in [-0.3, -0.25) is 4.79 Å². The number of hydrogen-bond donors (Lipinski definition) is 1. The Morgan fingerprint density at radius 3 is 2.50 bits per heavy atom. The molecule has 22 heavy (non-hydrogen) atoms. The number of carboxylic acids is 1. The van der Waals surface area contributed by atoms with E-state index in [0.29, 0.717) is 12.0 Å². The van der Waals surface area contributed by atoms with Crippen molar-refractivity contribution in [3.63, 3.8) is 0 Å². The first-order chi connectivity index (χ1) is 10.4. The Balaban J connectivity index is 2.14. The first kappa shape index (κ1) is 14.6. The fraction of sp³-hybridized carbons (Fsp3) is 0.235. The number of carboxylic acid groups (broad SMARTS) is 1. The van der Waals surface area contributed by atoms with Gasteiger partial charge in [-0.15, -0.1) is 0 Å². The minimum atomic E-state index is -4.47. The van der Waals surface area contributed by atoms with Gasteiger partial charge in [-0.25, -0.2) is 0 Å². The summed E-state index contributed by atoms with van der Waals surface area (Å²) in [7, 11) is 0. The fourth-order valence-corrected chi connectivity index (χ4v) is 3.06. The van der Waals surface area contributed by atoms with Crippen molar-refractivity contribution < 1.29 is 23.1 Å². The van der Waals surface area contributed by atoms with Crippen molar-refractivity contribution in [3.05, 3.63) is 58.7 Å². The molecule has 0 unspecified atom stereocenters. The molecule has 2 aromatic carbocycles. The van der Waals surface area contributed by atoms with Gasteiger partial charge in [-0.2, -0.15) is 13.2 Å². The van der Waals surface area contributed by atoms with Gasteiger partial charge in [0.2, 0.25) is 0 Å². The molecule has 0 spiro atoms. The summed E-state index contributed by atoms with van der Waals surface area (Å²) in [5.41, 5.74) is 2.70. The quantitative estimate of drug-likeness (QED) is 0.783. The van der Waals surface area contributed by atoms with Crippen LogP contribution in [0.25, 0.3) is 11.1 Å². The van der Waals surface area contributed by atoms with E-state index in [1.165, 1.54) is 6.07 Å². The van der Waals surface area contributed by atoms with Crippen LogP contribution in [-0.4, -0.2) is 11.1 Å². The summed E-state index contributed by atoms with van der Waals surface area (Å²) in [5, 5.41) is 8.81. The highest BCUT2D eigenvalue weighted by molar-refractivity contribution is 5.79. The molecule has 0 saturated carbocycles. The zero-order chi connectivity index (χ0) is 15.9. The van der Waals surface area contributed by atoms with Gasteiger partial charge in [0.25, 0.3) is 0 Å². The summed E-state index contributed by atoms with van der Waals surface area (Å²) in [6, 6.07) is 10.0. The molecule has 0 radical (unpaired) electrons. The van der Waals surface area contributed by atoms with E-state index in [0.717, 1.165) is 22.8 Å². The minimum absolute atomic E-state index is 0.110. The monoisotopic (exact) mass is 306 g/mol. The van der Waals surface area contributed by atoms with E-state index in [4.69, 9.17) is 5.11 Å². The molecule has 0 saturated heterocycles. The van der Waals surface area contributed by atoms with Gasteiger partial charge in [0.05, 0.1) is 5.56 Å². The first-order valence-corrected chi connectivity index (χ1v) is 6.90. The summed E-state index contributed by atoms with van der Waals surface area (Å²) in [6.45, 7) is 0. The Kier molecular flexibility index (Phi) is 3.43. The van der Waals surface area contributed by atoms with Gasteiger partial charge in [0, 0.05) is 6.42 Å². The highest BCUT2D eigenvalue weighted by Gasteiger charge is 2.36. The Bertz CT molecular complexity index is 748. The zero-order valence-electron chi connectivity index (χ0n) is 11.6. The van der Waals surface area contributed by atoms with E-state index in [-0.39, 0.29) is 18.4 Å². The lowest BCUT2D eigenvalue weighted by Gasteiger charge is -2.16. The van der Waals surface area contributed by atoms with Crippen molar-refractivity contribution in [2.45, 2.75) is 25.4 Å². The maximum absolute atomic E-state index is 13.2. The molecular weight excluding hydrogens is 293 g/mol. The molecule has 0 aliphatic heterocycles. The molecule has 5 heteroatoms. The molecule has 1 aliphatic rings. The number of hydrogen-bond acceptors (Lipinski definition) is 1. The van der Waals surface area contributed by atoms with Crippen LogP contribution in [0.4, 0.5) is 13.2 Å². The van der Waals surface area contributed by atoms with Crippen LogP contribution in [0.5, 0.6) is 0 Å². The molecule has 0 fully saturated rings. The van der Waals surface area contributed by atoms with E-state index in [9.17, 15) is 18.0 Å². The Labute approximate surface area is 125 Å². The lowest BCUT2D eigenvalue weighted by Crippen LogP contribution is -2.12. The molecule has 1 N–H and O–H groups in total. The standard InChI is InChI=1S/C17H13F3O2/c18-17(19,20)15-7-5-12-11-4-2-1-3-10(11)9-14(12)13(15)6-8-16(21)22/h1-5,7H,6,8-9H2,(H,21,22). The third kappa shape index (κ3) is 2.47. The fourth-order valence-electron chi connectivity index (χ4n) is 3.06. The number of alkyl halides is 3. The molecule has 0 aromatic heterocycles. The highest BCUT2D eigenvalue weighted by atomic mass is 19.4. The molecule has 2 nitrogen and oxygen atoms in total. The average molecular weight is 306 g/mol.